The summed E-state index contributed by atoms with van der Waals surface area (Å²) in [5.74, 6) is 0.338. The zero-order chi connectivity index (χ0) is 19.3. The summed E-state index contributed by atoms with van der Waals surface area (Å²) in [6.07, 6.45) is 3.69. The Morgan fingerprint density at radius 3 is 2.89 bits per heavy atom. The third-order valence-electron chi connectivity index (χ3n) is 4.45. The average Bonchev–Trinajstić information content (AvgIpc) is 3.40. The monoisotopic (exact) mass is 397 g/mol. The molecule has 5 nitrogen and oxygen atoms in total. The molecule has 3 aromatic rings. The Morgan fingerprint density at radius 1 is 1.25 bits per heavy atom. The van der Waals surface area contributed by atoms with Crippen LogP contribution in [-0.2, 0) is 13.1 Å². The zero-order valence-electron chi connectivity index (χ0n) is 15.2. The van der Waals surface area contributed by atoms with E-state index in [1.165, 1.54) is 17.0 Å². The Kier molecular flexibility index (Phi) is 5.53. The molecule has 1 fully saturated rings. The average molecular weight is 397 g/mol. The van der Waals surface area contributed by atoms with E-state index in [-0.39, 0.29) is 18.4 Å². The normalized spacial score (nSPS) is 13.2. The lowest BCUT2D eigenvalue weighted by atomic mass is 10.2. The van der Waals surface area contributed by atoms with E-state index in [0.717, 1.165) is 18.4 Å². The second kappa shape index (κ2) is 8.39. The number of amides is 2. The number of ether oxygens (including phenoxy) is 1. The molecule has 0 saturated heterocycles. The number of aromatic nitrogens is 1. The highest BCUT2D eigenvalue weighted by molar-refractivity contribution is 7.09. The first-order valence-electron chi connectivity index (χ1n) is 9.13. The molecule has 0 radical (unpaired) electrons. The maximum Gasteiger partial charge on any atom is 0.318 e. The second-order valence-electron chi connectivity index (χ2n) is 6.62. The van der Waals surface area contributed by atoms with Crippen LogP contribution in [0.15, 0.2) is 60.1 Å². The number of benzene rings is 1. The highest BCUT2D eigenvalue weighted by atomic mass is 32.1. The molecule has 2 aromatic heterocycles. The van der Waals surface area contributed by atoms with Crippen molar-refractivity contribution in [1.29, 1.82) is 0 Å². The quantitative estimate of drug-likeness (QED) is 0.614. The number of nitrogens with one attached hydrogen (secondary N) is 1. The Bertz CT molecular complexity index is 944. The number of rotatable bonds is 7. The van der Waals surface area contributed by atoms with Crippen LogP contribution < -0.4 is 10.1 Å². The van der Waals surface area contributed by atoms with E-state index >= 15 is 0 Å². The SMILES string of the molecule is O=C(NCc1cccnc1Oc1cccc(F)c1)N(Cc1cccs1)C1CC1. The molecule has 0 unspecified atom stereocenters. The van der Waals surface area contributed by atoms with Crippen molar-refractivity contribution in [2.24, 2.45) is 0 Å². The molecule has 0 atom stereocenters. The van der Waals surface area contributed by atoms with Gasteiger partial charge in [-0.25, -0.2) is 14.2 Å². The van der Waals surface area contributed by atoms with Gasteiger partial charge in [0.05, 0.1) is 6.54 Å². The number of carbonyl (C=O) groups excluding carboxylic acids is 1. The molecule has 4 rings (SSSR count). The lowest BCUT2D eigenvalue weighted by Crippen LogP contribution is -2.40. The fraction of sp³-hybridized carbons (Fsp3) is 0.238. The van der Waals surface area contributed by atoms with E-state index in [4.69, 9.17) is 4.74 Å². The molecule has 1 aliphatic rings. The highest BCUT2D eigenvalue weighted by Crippen LogP contribution is 2.29. The summed E-state index contributed by atoms with van der Waals surface area (Å²) in [6, 6.07) is 13.7. The van der Waals surface area contributed by atoms with Crippen LogP contribution in [0.25, 0.3) is 0 Å². The fourth-order valence-electron chi connectivity index (χ4n) is 2.89. The van der Waals surface area contributed by atoms with E-state index in [1.807, 2.05) is 28.5 Å². The Balaban J connectivity index is 1.42. The largest absolute Gasteiger partial charge is 0.439 e. The molecule has 1 aliphatic carbocycles. The minimum atomic E-state index is -0.378. The third kappa shape index (κ3) is 4.67. The van der Waals surface area contributed by atoms with Gasteiger partial charge >= 0.3 is 6.03 Å². The molecule has 0 bridgehead atoms. The number of pyridine rings is 1. The molecule has 1 saturated carbocycles. The summed E-state index contributed by atoms with van der Waals surface area (Å²) in [6.45, 7) is 0.902. The number of hydrogen-bond acceptors (Lipinski definition) is 4. The number of halogens is 1. The summed E-state index contributed by atoms with van der Waals surface area (Å²) in [5.41, 5.74) is 0.729. The lowest BCUT2D eigenvalue weighted by Gasteiger charge is -2.22. The van der Waals surface area contributed by atoms with E-state index in [2.05, 4.69) is 10.3 Å². The van der Waals surface area contributed by atoms with Crippen molar-refractivity contribution in [3.63, 3.8) is 0 Å². The smallest absolute Gasteiger partial charge is 0.318 e. The lowest BCUT2D eigenvalue weighted by molar-refractivity contribution is 0.192. The topological polar surface area (TPSA) is 54.5 Å². The van der Waals surface area contributed by atoms with Gasteiger partial charge in [0.1, 0.15) is 11.6 Å². The van der Waals surface area contributed by atoms with Crippen LogP contribution in [0, 0.1) is 5.82 Å². The first-order valence-corrected chi connectivity index (χ1v) is 10.0. The maximum atomic E-state index is 13.4. The van der Waals surface area contributed by atoms with Gasteiger partial charge in [-0.15, -0.1) is 11.3 Å². The molecule has 1 N–H and O–H groups in total. The Morgan fingerprint density at radius 2 is 2.14 bits per heavy atom. The summed E-state index contributed by atoms with van der Waals surface area (Å²) < 4.78 is 19.1. The van der Waals surface area contributed by atoms with Crippen LogP contribution in [0.2, 0.25) is 0 Å². The summed E-state index contributed by atoms with van der Waals surface area (Å²) in [5, 5.41) is 4.99. The first kappa shape index (κ1) is 18.4. The molecule has 7 heteroatoms. The predicted molar refractivity (Wildman–Crippen MR) is 106 cm³/mol. The number of hydrogen-bond donors (Lipinski definition) is 1. The van der Waals surface area contributed by atoms with Crippen LogP contribution in [0.1, 0.15) is 23.3 Å². The maximum absolute atomic E-state index is 13.4. The molecule has 0 spiro atoms. The number of urea groups is 1. The van der Waals surface area contributed by atoms with Crippen molar-refractivity contribution in [1.82, 2.24) is 15.2 Å². The van der Waals surface area contributed by atoms with E-state index in [9.17, 15) is 9.18 Å². The van der Waals surface area contributed by atoms with Crippen LogP contribution in [0.3, 0.4) is 0 Å². The molecule has 0 aliphatic heterocycles. The van der Waals surface area contributed by atoms with Crippen molar-refractivity contribution < 1.29 is 13.9 Å². The Labute approximate surface area is 166 Å². The van der Waals surface area contributed by atoms with Crippen LogP contribution in [0.4, 0.5) is 9.18 Å². The van der Waals surface area contributed by atoms with Gasteiger partial charge in [-0.3, -0.25) is 0 Å². The van der Waals surface area contributed by atoms with Gasteiger partial charge in [-0.1, -0.05) is 18.2 Å². The number of thiophene rings is 1. The van der Waals surface area contributed by atoms with Gasteiger partial charge < -0.3 is 15.0 Å². The van der Waals surface area contributed by atoms with E-state index < -0.39 is 0 Å². The van der Waals surface area contributed by atoms with Gasteiger partial charge in [0.25, 0.3) is 0 Å². The van der Waals surface area contributed by atoms with Crippen molar-refractivity contribution >= 4 is 17.4 Å². The predicted octanol–water partition coefficient (Wildman–Crippen LogP) is 4.95. The standard InChI is InChI=1S/C21H20FN3O2S/c22-16-5-1-6-18(12-16)27-20-15(4-2-10-23-20)13-24-21(26)25(17-8-9-17)14-19-7-3-11-28-19/h1-7,10-12,17H,8-9,13-14H2,(H,24,26). The van der Waals surface area contributed by atoms with Gasteiger partial charge in [0.15, 0.2) is 0 Å². The van der Waals surface area contributed by atoms with E-state index in [0.29, 0.717) is 24.2 Å². The number of nitrogens with zero attached hydrogens (tertiary/aromatic N) is 2. The molecule has 2 heterocycles. The van der Waals surface area contributed by atoms with Crippen molar-refractivity contribution in [3.8, 4) is 11.6 Å². The van der Waals surface area contributed by atoms with Crippen LogP contribution >= 0.6 is 11.3 Å². The fourth-order valence-corrected chi connectivity index (χ4v) is 3.59. The molecular formula is C21H20FN3O2S. The number of carbonyl (C=O) groups is 1. The molecule has 144 valence electrons. The Hall–Kier alpha value is -2.93. The minimum Gasteiger partial charge on any atom is -0.439 e. The van der Waals surface area contributed by atoms with Crippen LogP contribution in [-0.4, -0.2) is 22.0 Å². The summed E-state index contributed by atoms with van der Waals surface area (Å²) in [4.78, 5) is 20.0. The minimum absolute atomic E-state index is 0.101. The first-order chi connectivity index (χ1) is 13.7. The molecule has 28 heavy (non-hydrogen) atoms. The second-order valence-corrected chi connectivity index (χ2v) is 7.66. The molecule has 2 amide bonds. The van der Waals surface area contributed by atoms with Gasteiger partial charge in [0.2, 0.25) is 5.88 Å². The van der Waals surface area contributed by atoms with Gasteiger partial charge in [0, 0.05) is 35.3 Å². The summed E-state index contributed by atoms with van der Waals surface area (Å²) >= 11 is 1.65. The molecule has 1 aromatic carbocycles. The van der Waals surface area contributed by atoms with Crippen molar-refractivity contribution in [3.05, 3.63) is 76.4 Å². The van der Waals surface area contributed by atoms with Gasteiger partial charge in [-0.05, 0) is 42.5 Å². The van der Waals surface area contributed by atoms with Crippen LogP contribution in [0.5, 0.6) is 11.6 Å². The highest BCUT2D eigenvalue weighted by Gasteiger charge is 2.32. The third-order valence-corrected chi connectivity index (χ3v) is 5.31. The molecular weight excluding hydrogens is 377 g/mol. The van der Waals surface area contributed by atoms with Crippen molar-refractivity contribution in [2.75, 3.05) is 0 Å². The van der Waals surface area contributed by atoms with Crippen molar-refractivity contribution in [2.45, 2.75) is 32.0 Å². The van der Waals surface area contributed by atoms with Gasteiger partial charge in [-0.2, -0.15) is 0 Å². The zero-order valence-corrected chi connectivity index (χ0v) is 16.0. The van der Waals surface area contributed by atoms with E-state index in [1.54, 1.807) is 35.7 Å². The summed E-state index contributed by atoms with van der Waals surface area (Å²) in [7, 11) is 0.